The van der Waals surface area contributed by atoms with Crippen molar-refractivity contribution in [3.8, 4) is 0 Å². The summed E-state index contributed by atoms with van der Waals surface area (Å²) >= 11 is 12.3. The minimum atomic E-state index is 0.472. The minimum absolute atomic E-state index is 0.472. The van der Waals surface area contributed by atoms with Crippen LogP contribution in [0, 0.1) is 13.8 Å². The summed E-state index contributed by atoms with van der Waals surface area (Å²) in [4.78, 5) is 1.25. The lowest BCUT2D eigenvalue weighted by Gasteiger charge is -2.16. The highest BCUT2D eigenvalue weighted by atomic mass is 32.2. The number of aryl methyl sites for hydroxylation is 2. The highest BCUT2D eigenvalue weighted by Gasteiger charge is 2.04. The van der Waals surface area contributed by atoms with E-state index in [2.05, 4.69) is 33.6 Å². The third kappa shape index (κ3) is 6.89. The Hall–Kier alpha value is -1.83. The molecule has 0 aliphatic heterocycles. The zero-order valence-corrected chi connectivity index (χ0v) is 16.7. The van der Waals surface area contributed by atoms with Crippen molar-refractivity contribution in [1.82, 2.24) is 16.2 Å². The molecule has 2 rings (SSSR count). The molecule has 0 amide bonds. The molecule has 4 nitrogen and oxygen atoms in total. The normalized spacial score (nSPS) is 10.0. The Morgan fingerprint density at radius 2 is 1.52 bits per heavy atom. The SMILES string of the molecule is Cc1cccc(C)c1NC(=S)NNC(=S)NCCSc1ccccc1. The van der Waals surface area contributed by atoms with E-state index < -0.39 is 0 Å². The predicted octanol–water partition coefficient (Wildman–Crippen LogP) is 3.76. The van der Waals surface area contributed by atoms with Crippen LogP contribution in [0.1, 0.15) is 11.1 Å². The van der Waals surface area contributed by atoms with Gasteiger partial charge in [0, 0.05) is 22.9 Å². The molecule has 0 heterocycles. The van der Waals surface area contributed by atoms with Crippen LogP contribution in [0.4, 0.5) is 5.69 Å². The van der Waals surface area contributed by atoms with Crippen LogP contribution in [-0.2, 0) is 0 Å². The maximum atomic E-state index is 5.30. The van der Waals surface area contributed by atoms with Gasteiger partial charge < -0.3 is 10.6 Å². The molecule has 0 bridgehead atoms. The number of hydrazine groups is 1. The van der Waals surface area contributed by atoms with Crippen molar-refractivity contribution in [3.63, 3.8) is 0 Å². The van der Waals surface area contributed by atoms with Crippen LogP contribution in [0.15, 0.2) is 53.4 Å². The first-order valence-corrected chi connectivity index (χ1v) is 9.71. The molecule has 0 spiro atoms. The number of rotatable bonds is 5. The number of benzene rings is 2. The van der Waals surface area contributed by atoms with Gasteiger partial charge in [0.25, 0.3) is 0 Å². The molecular formula is C18H22N4S3. The fraction of sp³-hybridized carbons (Fsp3) is 0.222. The van der Waals surface area contributed by atoms with E-state index in [1.807, 2.05) is 50.2 Å². The third-order valence-corrected chi connectivity index (χ3v) is 4.87. The molecule has 0 saturated carbocycles. The molecule has 2 aromatic rings. The van der Waals surface area contributed by atoms with Crippen molar-refractivity contribution < 1.29 is 0 Å². The van der Waals surface area contributed by atoms with Crippen molar-refractivity contribution in [3.05, 3.63) is 59.7 Å². The van der Waals surface area contributed by atoms with Crippen LogP contribution >= 0.6 is 36.2 Å². The molecule has 7 heteroatoms. The molecule has 4 N–H and O–H groups in total. The number of nitrogens with one attached hydrogen (secondary N) is 4. The Kier molecular flexibility index (Phi) is 7.97. The van der Waals surface area contributed by atoms with Gasteiger partial charge in [0.2, 0.25) is 0 Å². The van der Waals surface area contributed by atoms with E-state index in [4.69, 9.17) is 24.4 Å². The lowest BCUT2D eigenvalue weighted by Crippen LogP contribution is -2.48. The van der Waals surface area contributed by atoms with Gasteiger partial charge in [-0.2, -0.15) is 0 Å². The lowest BCUT2D eigenvalue weighted by molar-refractivity contribution is 0.828. The lowest BCUT2D eigenvalue weighted by atomic mass is 10.1. The van der Waals surface area contributed by atoms with Gasteiger partial charge in [-0.3, -0.25) is 10.9 Å². The van der Waals surface area contributed by atoms with Gasteiger partial charge in [-0.1, -0.05) is 36.4 Å². The summed E-state index contributed by atoms with van der Waals surface area (Å²) in [6.07, 6.45) is 0. The maximum Gasteiger partial charge on any atom is 0.189 e. The molecule has 25 heavy (non-hydrogen) atoms. The van der Waals surface area contributed by atoms with E-state index in [9.17, 15) is 0 Å². The van der Waals surface area contributed by atoms with Crippen LogP contribution in [0.3, 0.4) is 0 Å². The van der Waals surface area contributed by atoms with Gasteiger partial charge in [0.05, 0.1) is 0 Å². The highest BCUT2D eigenvalue weighted by Crippen LogP contribution is 2.19. The van der Waals surface area contributed by atoms with Gasteiger partial charge in [-0.25, -0.2) is 0 Å². The fourth-order valence-electron chi connectivity index (χ4n) is 2.16. The minimum Gasteiger partial charge on any atom is -0.361 e. The van der Waals surface area contributed by atoms with Gasteiger partial charge in [-0.15, -0.1) is 11.8 Å². The number of thiocarbonyl (C=S) groups is 2. The first kappa shape index (κ1) is 19.5. The molecule has 0 radical (unpaired) electrons. The first-order chi connectivity index (χ1) is 12.1. The predicted molar refractivity (Wildman–Crippen MR) is 116 cm³/mol. The molecule has 0 fully saturated rings. The summed E-state index contributed by atoms with van der Waals surface area (Å²) in [6, 6.07) is 16.4. The average Bonchev–Trinajstić information content (AvgIpc) is 2.61. The van der Waals surface area contributed by atoms with Crippen molar-refractivity contribution in [2.45, 2.75) is 18.7 Å². The molecule has 132 valence electrons. The van der Waals surface area contributed by atoms with Crippen molar-refractivity contribution in [2.75, 3.05) is 17.6 Å². The van der Waals surface area contributed by atoms with Crippen LogP contribution in [0.25, 0.3) is 0 Å². The van der Waals surface area contributed by atoms with E-state index in [0.717, 1.165) is 29.1 Å². The van der Waals surface area contributed by atoms with Crippen LogP contribution in [0.5, 0.6) is 0 Å². The molecule has 0 atom stereocenters. The summed E-state index contributed by atoms with van der Waals surface area (Å²) in [5.41, 5.74) is 9.10. The van der Waals surface area contributed by atoms with Crippen LogP contribution in [-0.4, -0.2) is 22.5 Å². The number of thioether (sulfide) groups is 1. The van der Waals surface area contributed by atoms with Crippen LogP contribution < -0.4 is 21.5 Å². The quantitative estimate of drug-likeness (QED) is 0.268. The zero-order chi connectivity index (χ0) is 18.1. The summed E-state index contributed by atoms with van der Waals surface area (Å²) in [7, 11) is 0. The molecule has 0 aliphatic rings. The summed E-state index contributed by atoms with van der Waals surface area (Å²) in [5, 5.41) is 7.32. The van der Waals surface area contributed by atoms with Crippen LogP contribution in [0.2, 0.25) is 0 Å². The Bertz CT molecular complexity index is 699. The maximum absolute atomic E-state index is 5.30. The number of hydrogen-bond donors (Lipinski definition) is 4. The molecule has 2 aromatic carbocycles. The number of para-hydroxylation sites is 1. The molecule has 0 saturated heterocycles. The van der Waals surface area contributed by atoms with E-state index in [-0.39, 0.29) is 0 Å². The van der Waals surface area contributed by atoms with Gasteiger partial charge >= 0.3 is 0 Å². The second kappa shape index (κ2) is 10.2. The smallest absolute Gasteiger partial charge is 0.189 e. The summed E-state index contributed by atoms with van der Waals surface area (Å²) in [6.45, 7) is 4.86. The topological polar surface area (TPSA) is 48.1 Å². The Morgan fingerprint density at radius 3 is 2.20 bits per heavy atom. The van der Waals surface area contributed by atoms with E-state index >= 15 is 0 Å². The van der Waals surface area contributed by atoms with Gasteiger partial charge in [0.1, 0.15) is 0 Å². The van der Waals surface area contributed by atoms with E-state index in [1.165, 1.54) is 4.90 Å². The Morgan fingerprint density at radius 1 is 0.880 bits per heavy atom. The van der Waals surface area contributed by atoms with E-state index in [0.29, 0.717) is 10.2 Å². The fourth-order valence-corrected chi connectivity index (χ4v) is 3.26. The highest BCUT2D eigenvalue weighted by molar-refractivity contribution is 7.99. The standard InChI is InChI=1S/C18H22N4S3/c1-13-7-6-8-14(2)16(13)20-18(24)22-21-17(23)19-11-12-25-15-9-4-3-5-10-15/h3-10H,11-12H2,1-2H3,(H2,19,21,23)(H2,20,22,24). The summed E-state index contributed by atoms with van der Waals surface area (Å²) < 4.78 is 0. The number of anilines is 1. The zero-order valence-electron chi connectivity index (χ0n) is 14.3. The Labute approximate surface area is 164 Å². The second-order valence-corrected chi connectivity index (χ2v) is 7.37. The molecule has 0 aliphatic carbocycles. The first-order valence-electron chi connectivity index (χ1n) is 7.91. The van der Waals surface area contributed by atoms with Crippen molar-refractivity contribution in [1.29, 1.82) is 0 Å². The van der Waals surface area contributed by atoms with Gasteiger partial charge in [-0.05, 0) is 61.5 Å². The largest absolute Gasteiger partial charge is 0.361 e. The summed E-state index contributed by atoms with van der Waals surface area (Å²) in [5.74, 6) is 0.928. The third-order valence-electron chi connectivity index (χ3n) is 3.41. The Balaban J connectivity index is 1.65. The van der Waals surface area contributed by atoms with Gasteiger partial charge in [0.15, 0.2) is 10.2 Å². The molecule has 0 unspecified atom stereocenters. The van der Waals surface area contributed by atoms with E-state index in [1.54, 1.807) is 11.8 Å². The number of hydrogen-bond acceptors (Lipinski definition) is 3. The van der Waals surface area contributed by atoms with Crippen molar-refractivity contribution in [2.24, 2.45) is 0 Å². The monoisotopic (exact) mass is 390 g/mol. The van der Waals surface area contributed by atoms with Crippen molar-refractivity contribution >= 4 is 52.1 Å². The average molecular weight is 391 g/mol. The molecular weight excluding hydrogens is 368 g/mol. The second-order valence-electron chi connectivity index (χ2n) is 5.39. The molecule has 0 aromatic heterocycles.